The Morgan fingerprint density at radius 2 is 1.81 bits per heavy atom. The molecule has 7 heteroatoms. The Hall–Kier alpha value is -3.45. The van der Waals surface area contributed by atoms with Crippen LogP contribution in [0.5, 0.6) is 0 Å². The molecule has 1 N–H and O–H groups in total. The maximum Gasteiger partial charge on any atom is 0.251 e. The van der Waals surface area contributed by atoms with E-state index in [4.69, 9.17) is 0 Å². The van der Waals surface area contributed by atoms with Crippen molar-refractivity contribution in [3.05, 3.63) is 82.4 Å². The molecule has 1 amide bonds. The summed E-state index contributed by atoms with van der Waals surface area (Å²) in [5, 5.41) is 11.1. The highest BCUT2D eigenvalue weighted by molar-refractivity contribution is 7.13. The molecule has 0 saturated carbocycles. The van der Waals surface area contributed by atoms with Crippen LogP contribution in [0.2, 0.25) is 0 Å². The van der Waals surface area contributed by atoms with Crippen LogP contribution in [-0.2, 0) is 6.54 Å². The molecule has 0 aliphatic rings. The van der Waals surface area contributed by atoms with E-state index in [1.165, 1.54) is 0 Å². The molecule has 0 spiro atoms. The maximum atomic E-state index is 13.1. The Labute approximate surface area is 191 Å². The number of pyridine rings is 1. The second-order valence-corrected chi connectivity index (χ2v) is 8.94. The highest BCUT2D eigenvalue weighted by Gasteiger charge is 2.17. The lowest BCUT2D eigenvalue weighted by Gasteiger charge is -2.12. The fourth-order valence-electron chi connectivity index (χ4n) is 3.35. The number of carbonyl (C=O) groups excluding carboxylic acids is 1. The first-order valence-corrected chi connectivity index (χ1v) is 11.4. The van der Waals surface area contributed by atoms with Crippen molar-refractivity contribution in [2.45, 2.75) is 40.2 Å². The van der Waals surface area contributed by atoms with E-state index in [-0.39, 0.29) is 11.8 Å². The number of hydrogen-bond acceptors (Lipinski definition) is 6. The van der Waals surface area contributed by atoms with Crippen molar-refractivity contribution in [2.75, 3.05) is 0 Å². The van der Waals surface area contributed by atoms with Gasteiger partial charge < -0.3 is 5.32 Å². The average Bonchev–Trinajstić information content (AvgIpc) is 3.29. The molecule has 0 radical (unpaired) electrons. The van der Waals surface area contributed by atoms with Gasteiger partial charge in [0.2, 0.25) is 0 Å². The van der Waals surface area contributed by atoms with Crippen LogP contribution in [0.25, 0.3) is 21.7 Å². The molecule has 6 nitrogen and oxygen atoms in total. The van der Waals surface area contributed by atoms with Crippen LogP contribution in [-0.4, -0.2) is 26.1 Å². The van der Waals surface area contributed by atoms with Gasteiger partial charge in [-0.15, -0.1) is 11.3 Å². The van der Waals surface area contributed by atoms with Gasteiger partial charge in [-0.2, -0.15) is 10.2 Å². The fourth-order valence-corrected chi connectivity index (χ4v) is 4.29. The molecule has 0 saturated heterocycles. The standard InChI is InChI=1S/C25H25N5OS/c1-15(2)23-24(32-14-28-23)19-9-18(22-8-5-16(3)12-26-22)10-20(11-19)25(31)27-13-21-7-6-17(4)29-30-21/h5-12,14-15H,13H2,1-4H3,(H,27,31). The fraction of sp³-hybridized carbons (Fsp3) is 0.240. The number of hydrogen-bond donors (Lipinski definition) is 1. The Morgan fingerprint density at radius 3 is 2.50 bits per heavy atom. The molecule has 0 aliphatic carbocycles. The van der Waals surface area contributed by atoms with E-state index in [0.717, 1.165) is 38.6 Å². The van der Waals surface area contributed by atoms with Crippen molar-refractivity contribution in [3.63, 3.8) is 0 Å². The minimum Gasteiger partial charge on any atom is -0.346 e. The smallest absolute Gasteiger partial charge is 0.251 e. The molecule has 1 aromatic carbocycles. The van der Waals surface area contributed by atoms with E-state index in [1.807, 2.05) is 62.0 Å². The zero-order valence-corrected chi connectivity index (χ0v) is 19.4. The van der Waals surface area contributed by atoms with Crippen molar-refractivity contribution in [3.8, 4) is 21.7 Å². The van der Waals surface area contributed by atoms with Gasteiger partial charge in [-0.25, -0.2) is 4.98 Å². The molecule has 0 aliphatic heterocycles. The van der Waals surface area contributed by atoms with Gasteiger partial charge in [0.15, 0.2) is 0 Å². The Kier molecular flexibility index (Phi) is 6.37. The minimum absolute atomic E-state index is 0.168. The quantitative estimate of drug-likeness (QED) is 0.435. The summed E-state index contributed by atoms with van der Waals surface area (Å²) in [5.74, 6) is 0.119. The zero-order chi connectivity index (χ0) is 22.7. The highest BCUT2D eigenvalue weighted by Crippen LogP contribution is 2.35. The lowest BCUT2D eigenvalue weighted by Crippen LogP contribution is -2.23. The van der Waals surface area contributed by atoms with Crippen LogP contribution < -0.4 is 5.32 Å². The Balaban J connectivity index is 1.71. The maximum absolute atomic E-state index is 13.1. The summed E-state index contributed by atoms with van der Waals surface area (Å²) >= 11 is 1.59. The summed E-state index contributed by atoms with van der Waals surface area (Å²) in [7, 11) is 0. The van der Waals surface area contributed by atoms with Gasteiger partial charge in [0.05, 0.1) is 39.7 Å². The SMILES string of the molecule is Cc1ccc(-c2cc(C(=O)NCc3ccc(C)nn3)cc(-c3scnc3C(C)C)c2)nc1. The summed E-state index contributed by atoms with van der Waals surface area (Å²) < 4.78 is 0. The summed E-state index contributed by atoms with van der Waals surface area (Å²) in [4.78, 5) is 23.3. The van der Waals surface area contributed by atoms with Crippen LogP contribution in [0.15, 0.2) is 54.2 Å². The van der Waals surface area contributed by atoms with E-state index in [1.54, 1.807) is 11.3 Å². The number of amides is 1. The predicted octanol–water partition coefficient (Wildman–Crippen LogP) is 5.33. The second-order valence-electron chi connectivity index (χ2n) is 8.09. The number of rotatable bonds is 6. The van der Waals surface area contributed by atoms with Crippen molar-refractivity contribution in [2.24, 2.45) is 0 Å². The topological polar surface area (TPSA) is 80.7 Å². The molecular formula is C25H25N5OS. The second kappa shape index (κ2) is 9.36. The first-order valence-electron chi connectivity index (χ1n) is 10.5. The van der Waals surface area contributed by atoms with E-state index >= 15 is 0 Å². The van der Waals surface area contributed by atoms with Crippen LogP contribution in [0.4, 0.5) is 0 Å². The molecule has 4 rings (SSSR count). The summed E-state index contributed by atoms with van der Waals surface area (Å²) in [6.45, 7) is 8.45. The Bertz CT molecular complexity index is 1230. The third kappa shape index (κ3) is 4.89. The van der Waals surface area contributed by atoms with Gasteiger partial charge in [-0.1, -0.05) is 19.9 Å². The van der Waals surface area contributed by atoms with E-state index in [0.29, 0.717) is 17.8 Å². The molecule has 0 unspecified atom stereocenters. The lowest BCUT2D eigenvalue weighted by molar-refractivity contribution is 0.0950. The molecule has 0 atom stereocenters. The molecule has 162 valence electrons. The monoisotopic (exact) mass is 443 g/mol. The van der Waals surface area contributed by atoms with Crippen molar-refractivity contribution >= 4 is 17.2 Å². The van der Waals surface area contributed by atoms with Gasteiger partial charge in [-0.05, 0) is 67.3 Å². The van der Waals surface area contributed by atoms with Gasteiger partial charge in [0.1, 0.15) is 0 Å². The molecular weight excluding hydrogens is 418 g/mol. The first kappa shape index (κ1) is 21.8. The van der Waals surface area contributed by atoms with Crippen LogP contribution in [0, 0.1) is 13.8 Å². The number of aromatic nitrogens is 4. The third-order valence-corrected chi connectivity index (χ3v) is 5.98. The Morgan fingerprint density at radius 1 is 1.00 bits per heavy atom. The number of thiazole rings is 1. The molecule has 4 aromatic rings. The molecule has 32 heavy (non-hydrogen) atoms. The van der Waals surface area contributed by atoms with Crippen molar-refractivity contribution < 1.29 is 4.79 Å². The van der Waals surface area contributed by atoms with Gasteiger partial charge in [0.25, 0.3) is 5.91 Å². The normalized spacial score (nSPS) is 11.0. The van der Waals surface area contributed by atoms with Crippen molar-refractivity contribution in [1.29, 1.82) is 0 Å². The summed E-state index contributed by atoms with van der Waals surface area (Å²) in [6, 6.07) is 13.6. The minimum atomic E-state index is -0.168. The molecule has 3 aromatic heterocycles. The lowest BCUT2D eigenvalue weighted by atomic mass is 9.98. The largest absolute Gasteiger partial charge is 0.346 e. The number of benzene rings is 1. The summed E-state index contributed by atoms with van der Waals surface area (Å²) in [5.41, 5.74) is 8.80. The van der Waals surface area contributed by atoms with E-state index < -0.39 is 0 Å². The number of nitrogens with zero attached hydrogens (tertiary/aromatic N) is 4. The van der Waals surface area contributed by atoms with E-state index in [9.17, 15) is 4.79 Å². The highest BCUT2D eigenvalue weighted by atomic mass is 32.1. The van der Waals surface area contributed by atoms with Gasteiger partial charge in [-0.3, -0.25) is 9.78 Å². The molecule has 3 heterocycles. The molecule has 0 bridgehead atoms. The van der Waals surface area contributed by atoms with Crippen LogP contribution in [0.3, 0.4) is 0 Å². The van der Waals surface area contributed by atoms with Gasteiger partial charge >= 0.3 is 0 Å². The third-order valence-electron chi connectivity index (χ3n) is 5.09. The number of nitrogens with one attached hydrogen (secondary N) is 1. The first-order chi connectivity index (χ1) is 15.4. The number of aryl methyl sites for hydroxylation is 2. The zero-order valence-electron chi connectivity index (χ0n) is 18.6. The van der Waals surface area contributed by atoms with Gasteiger partial charge in [0, 0.05) is 17.3 Å². The predicted molar refractivity (Wildman–Crippen MR) is 128 cm³/mol. The average molecular weight is 444 g/mol. The molecule has 0 fully saturated rings. The summed E-state index contributed by atoms with van der Waals surface area (Å²) in [6.07, 6.45) is 1.84. The number of carbonyl (C=O) groups is 1. The van der Waals surface area contributed by atoms with Crippen molar-refractivity contribution in [1.82, 2.24) is 25.5 Å². The van der Waals surface area contributed by atoms with Crippen LogP contribution in [0.1, 0.15) is 52.8 Å². The van der Waals surface area contributed by atoms with Crippen LogP contribution >= 0.6 is 11.3 Å². The van der Waals surface area contributed by atoms with E-state index in [2.05, 4.69) is 45.4 Å².